The van der Waals surface area contributed by atoms with Gasteiger partial charge in [0.2, 0.25) is 5.91 Å². The van der Waals surface area contributed by atoms with Crippen LogP contribution >= 0.6 is 0 Å². The lowest BCUT2D eigenvalue weighted by atomic mass is 9.88. The van der Waals surface area contributed by atoms with E-state index in [-0.39, 0.29) is 23.6 Å². The number of nitrogens with one attached hydrogen (secondary N) is 1. The van der Waals surface area contributed by atoms with Crippen molar-refractivity contribution in [2.45, 2.75) is 25.7 Å². The molecule has 1 saturated carbocycles. The highest BCUT2D eigenvalue weighted by Gasteiger charge is 2.24. The number of benzene rings is 1. The number of carbonyl (C=O) groups is 2. The summed E-state index contributed by atoms with van der Waals surface area (Å²) in [7, 11) is 0. The molecule has 118 valence electrons. The topological polar surface area (TPSA) is 81.2 Å². The van der Waals surface area contributed by atoms with E-state index in [4.69, 9.17) is 4.74 Å². The van der Waals surface area contributed by atoms with Crippen LogP contribution in [0.4, 0.5) is 5.69 Å². The molecule has 1 fully saturated rings. The molecule has 0 unspecified atom stereocenters. The summed E-state index contributed by atoms with van der Waals surface area (Å²) < 4.78 is 5.49. The van der Waals surface area contributed by atoms with Crippen LogP contribution in [0, 0.1) is 5.92 Å². The summed E-state index contributed by atoms with van der Waals surface area (Å²) in [6, 6.07) is 9.45. The van der Waals surface area contributed by atoms with E-state index in [1.165, 1.54) is 12.4 Å². The maximum Gasteiger partial charge on any atom is 0.322 e. The van der Waals surface area contributed by atoms with Crippen molar-refractivity contribution in [3.63, 3.8) is 0 Å². The fourth-order valence-corrected chi connectivity index (χ4v) is 2.47. The van der Waals surface area contributed by atoms with Gasteiger partial charge >= 0.3 is 6.01 Å². The molecule has 0 spiro atoms. The monoisotopic (exact) mass is 311 g/mol. The SMILES string of the molecule is O=C1CCC(C(=O)Nc2cnc(Oc3ccccc3)nc2)CC1. The van der Waals surface area contributed by atoms with Crippen LogP contribution < -0.4 is 10.1 Å². The molecule has 0 radical (unpaired) electrons. The van der Waals surface area contributed by atoms with Crippen LogP contribution in [-0.2, 0) is 9.59 Å². The lowest BCUT2D eigenvalue weighted by molar-refractivity contribution is -0.125. The minimum absolute atomic E-state index is 0.0853. The highest BCUT2D eigenvalue weighted by Crippen LogP contribution is 2.23. The third-order valence-corrected chi connectivity index (χ3v) is 3.76. The smallest absolute Gasteiger partial charge is 0.322 e. The standard InChI is InChI=1S/C17H17N3O3/c21-14-8-6-12(7-9-14)16(22)20-13-10-18-17(19-11-13)23-15-4-2-1-3-5-15/h1-5,10-12H,6-9H2,(H,20,22). The Morgan fingerprint density at radius 2 is 1.74 bits per heavy atom. The van der Waals surface area contributed by atoms with Gasteiger partial charge < -0.3 is 10.1 Å². The van der Waals surface area contributed by atoms with E-state index >= 15 is 0 Å². The van der Waals surface area contributed by atoms with Crippen LogP contribution in [0.25, 0.3) is 0 Å². The molecule has 1 amide bonds. The molecule has 0 saturated heterocycles. The lowest BCUT2D eigenvalue weighted by Crippen LogP contribution is -2.27. The minimum atomic E-state index is -0.118. The number of anilines is 1. The summed E-state index contributed by atoms with van der Waals surface area (Å²) in [5.41, 5.74) is 0.521. The third kappa shape index (κ3) is 4.12. The average Bonchev–Trinajstić information content (AvgIpc) is 2.58. The van der Waals surface area contributed by atoms with Gasteiger partial charge in [-0.2, -0.15) is 0 Å². The zero-order valence-electron chi connectivity index (χ0n) is 12.6. The third-order valence-electron chi connectivity index (χ3n) is 3.76. The Balaban J connectivity index is 1.57. The molecule has 1 aliphatic carbocycles. The second-order valence-corrected chi connectivity index (χ2v) is 5.47. The van der Waals surface area contributed by atoms with E-state index in [1.54, 1.807) is 0 Å². The van der Waals surface area contributed by atoms with Gasteiger partial charge in [-0.1, -0.05) is 18.2 Å². The molecule has 1 heterocycles. The fraction of sp³-hybridized carbons (Fsp3) is 0.294. The number of hydrogen-bond donors (Lipinski definition) is 1. The number of rotatable bonds is 4. The van der Waals surface area contributed by atoms with E-state index < -0.39 is 0 Å². The summed E-state index contributed by atoms with van der Waals surface area (Å²) in [6.07, 6.45) is 5.21. The van der Waals surface area contributed by atoms with E-state index in [0.717, 1.165) is 0 Å². The zero-order valence-corrected chi connectivity index (χ0v) is 12.6. The van der Waals surface area contributed by atoms with Crippen LogP contribution in [0.15, 0.2) is 42.7 Å². The predicted molar refractivity (Wildman–Crippen MR) is 84.1 cm³/mol. The van der Waals surface area contributed by atoms with Crippen LogP contribution in [0.3, 0.4) is 0 Å². The number of hydrogen-bond acceptors (Lipinski definition) is 5. The van der Waals surface area contributed by atoms with Crippen LogP contribution in [0.5, 0.6) is 11.8 Å². The molecule has 1 aliphatic rings. The van der Waals surface area contributed by atoms with Gasteiger partial charge in [0.1, 0.15) is 11.5 Å². The Hall–Kier alpha value is -2.76. The molecule has 1 aromatic carbocycles. The molecule has 23 heavy (non-hydrogen) atoms. The second kappa shape index (κ2) is 7.00. The highest BCUT2D eigenvalue weighted by molar-refractivity contribution is 5.93. The predicted octanol–water partition coefficient (Wildman–Crippen LogP) is 2.97. The first-order valence-electron chi connectivity index (χ1n) is 7.58. The van der Waals surface area contributed by atoms with Gasteiger partial charge in [0.15, 0.2) is 0 Å². The normalized spacial score (nSPS) is 15.2. The Morgan fingerprint density at radius 1 is 1.09 bits per heavy atom. The molecular formula is C17H17N3O3. The van der Waals surface area contributed by atoms with Gasteiger partial charge in [0.05, 0.1) is 18.1 Å². The Labute approximate surface area is 133 Å². The van der Waals surface area contributed by atoms with Crippen molar-refractivity contribution in [2.24, 2.45) is 5.92 Å². The average molecular weight is 311 g/mol. The van der Waals surface area contributed by atoms with Crippen LogP contribution in [-0.4, -0.2) is 21.7 Å². The van der Waals surface area contributed by atoms with Crippen molar-refractivity contribution >= 4 is 17.4 Å². The summed E-state index contributed by atoms with van der Waals surface area (Å²) in [4.78, 5) is 31.5. The number of ether oxygens (including phenoxy) is 1. The van der Waals surface area contributed by atoms with Gasteiger partial charge in [-0.05, 0) is 25.0 Å². The van der Waals surface area contributed by atoms with Crippen molar-refractivity contribution in [3.05, 3.63) is 42.7 Å². The van der Waals surface area contributed by atoms with Gasteiger partial charge in [0, 0.05) is 18.8 Å². The Morgan fingerprint density at radius 3 is 2.39 bits per heavy atom. The molecule has 0 atom stereocenters. The minimum Gasteiger partial charge on any atom is -0.424 e. The van der Waals surface area contributed by atoms with Gasteiger partial charge in [-0.3, -0.25) is 9.59 Å². The first kappa shape index (κ1) is 15.1. The van der Waals surface area contributed by atoms with Crippen molar-refractivity contribution in [1.82, 2.24) is 9.97 Å². The molecule has 0 bridgehead atoms. The number of carbonyl (C=O) groups excluding carboxylic acids is 2. The van der Waals surface area contributed by atoms with Gasteiger partial charge in [-0.15, -0.1) is 0 Å². The van der Waals surface area contributed by atoms with Gasteiger partial charge in [-0.25, -0.2) is 9.97 Å². The number of ketones is 1. The van der Waals surface area contributed by atoms with Crippen molar-refractivity contribution in [1.29, 1.82) is 0 Å². The number of amides is 1. The first-order chi connectivity index (χ1) is 11.2. The number of aromatic nitrogens is 2. The molecule has 6 heteroatoms. The van der Waals surface area contributed by atoms with Crippen LogP contribution in [0.1, 0.15) is 25.7 Å². The van der Waals surface area contributed by atoms with Crippen molar-refractivity contribution in [2.75, 3.05) is 5.32 Å². The first-order valence-corrected chi connectivity index (χ1v) is 7.58. The van der Waals surface area contributed by atoms with Crippen molar-refractivity contribution < 1.29 is 14.3 Å². The maximum atomic E-state index is 12.1. The molecule has 1 N–H and O–H groups in total. The largest absolute Gasteiger partial charge is 0.424 e. The quantitative estimate of drug-likeness (QED) is 0.938. The van der Waals surface area contributed by atoms with E-state index in [9.17, 15) is 9.59 Å². The Kier molecular flexibility index (Phi) is 4.61. The number of para-hydroxylation sites is 1. The summed E-state index contributed by atoms with van der Waals surface area (Å²) in [6.45, 7) is 0. The van der Waals surface area contributed by atoms with Gasteiger partial charge in [0.25, 0.3) is 0 Å². The second-order valence-electron chi connectivity index (χ2n) is 5.47. The summed E-state index contributed by atoms with van der Waals surface area (Å²) in [5.74, 6) is 0.682. The Bertz CT molecular complexity index is 676. The molecule has 0 aliphatic heterocycles. The maximum absolute atomic E-state index is 12.1. The summed E-state index contributed by atoms with van der Waals surface area (Å²) in [5, 5.41) is 2.79. The highest BCUT2D eigenvalue weighted by atomic mass is 16.5. The van der Waals surface area contributed by atoms with Crippen LogP contribution in [0.2, 0.25) is 0 Å². The fourth-order valence-electron chi connectivity index (χ4n) is 2.47. The molecule has 2 aromatic rings. The number of nitrogens with zero attached hydrogens (tertiary/aromatic N) is 2. The summed E-state index contributed by atoms with van der Waals surface area (Å²) >= 11 is 0. The lowest BCUT2D eigenvalue weighted by Gasteiger charge is -2.19. The molecule has 3 rings (SSSR count). The van der Waals surface area contributed by atoms with Crippen molar-refractivity contribution in [3.8, 4) is 11.8 Å². The van der Waals surface area contributed by atoms with E-state index in [2.05, 4.69) is 15.3 Å². The number of Topliss-reactive ketones (excluding diaryl/α,β-unsaturated/α-hetero) is 1. The zero-order chi connectivity index (χ0) is 16.1. The molecule has 1 aromatic heterocycles. The molecule has 6 nitrogen and oxygen atoms in total. The molecular weight excluding hydrogens is 294 g/mol. The van der Waals surface area contributed by atoms with E-state index in [0.29, 0.717) is 37.1 Å². The van der Waals surface area contributed by atoms with E-state index in [1.807, 2.05) is 30.3 Å².